The fraction of sp³-hybridized carbons (Fsp3) is 0. The highest BCUT2D eigenvalue weighted by Crippen LogP contribution is 2.47. The van der Waals surface area contributed by atoms with Gasteiger partial charge in [0.25, 0.3) is 0 Å². The van der Waals surface area contributed by atoms with Crippen LogP contribution < -0.4 is 0 Å². The quantitative estimate of drug-likeness (QED) is 0.207. The van der Waals surface area contributed by atoms with E-state index in [1.54, 1.807) is 11.8 Å². The number of para-hydroxylation sites is 2. The lowest BCUT2D eigenvalue weighted by Crippen LogP contribution is -2.05. The number of rotatable bonds is 1. The molecule has 190 valence electrons. The van der Waals surface area contributed by atoms with Crippen molar-refractivity contribution >= 4 is 77.2 Å². The largest absolute Gasteiger partial charge is 0.456 e. The van der Waals surface area contributed by atoms with Crippen LogP contribution in [0.15, 0.2) is 129 Å². The minimum atomic E-state index is 0.683. The molecule has 1 aliphatic heterocycles. The van der Waals surface area contributed by atoms with Crippen LogP contribution in [0.1, 0.15) is 0 Å². The Morgan fingerprint density at radius 1 is 0.537 bits per heavy atom. The maximum absolute atomic E-state index is 6.24. The smallest absolute Gasteiger partial charge is 0.235 e. The molecule has 9 aromatic rings. The van der Waals surface area contributed by atoms with E-state index in [-0.39, 0.29) is 0 Å². The van der Waals surface area contributed by atoms with Gasteiger partial charge in [-0.1, -0.05) is 84.6 Å². The summed E-state index contributed by atoms with van der Waals surface area (Å²) in [5, 5.41) is 8.07. The van der Waals surface area contributed by atoms with Gasteiger partial charge in [0.05, 0.1) is 22.2 Å². The molecule has 0 unspecified atom stereocenters. The van der Waals surface area contributed by atoms with Crippen molar-refractivity contribution in [1.82, 2.24) is 14.5 Å². The molecule has 6 aromatic carbocycles. The second kappa shape index (κ2) is 7.74. The molecular formula is C36H19N3OS. The summed E-state index contributed by atoms with van der Waals surface area (Å²) in [6.45, 7) is 0. The normalized spacial score (nSPS) is 12.8. The van der Waals surface area contributed by atoms with Gasteiger partial charge in [-0.2, -0.15) is 0 Å². The summed E-state index contributed by atoms with van der Waals surface area (Å²) in [7, 11) is 0. The topological polar surface area (TPSA) is 43.9 Å². The fourth-order valence-corrected chi connectivity index (χ4v) is 7.79. The Bertz CT molecular complexity index is 2580. The third-order valence-corrected chi connectivity index (χ3v) is 9.54. The van der Waals surface area contributed by atoms with E-state index in [1.807, 2.05) is 12.1 Å². The molecule has 3 aromatic heterocycles. The van der Waals surface area contributed by atoms with E-state index in [2.05, 4.69) is 108 Å². The van der Waals surface area contributed by atoms with E-state index in [4.69, 9.17) is 14.4 Å². The molecule has 0 radical (unpaired) electrons. The summed E-state index contributed by atoms with van der Waals surface area (Å²) in [6, 6.07) is 40.5. The van der Waals surface area contributed by atoms with Crippen molar-refractivity contribution in [3.05, 3.63) is 115 Å². The molecule has 0 fully saturated rings. The molecule has 0 atom stereocenters. The van der Waals surface area contributed by atoms with Gasteiger partial charge in [0.1, 0.15) is 11.2 Å². The first kappa shape index (κ1) is 21.7. The summed E-state index contributed by atoms with van der Waals surface area (Å²) in [6.07, 6.45) is 0. The molecule has 4 heterocycles. The number of nitrogens with zero attached hydrogens (tertiary/aromatic N) is 3. The maximum Gasteiger partial charge on any atom is 0.235 e. The average Bonchev–Trinajstić information content (AvgIpc) is 3.57. The zero-order chi connectivity index (χ0) is 26.7. The van der Waals surface area contributed by atoms with Gasteiger partial charge < -0.3 is 4.42 Å². The monoisotopic (exact) mass is 541 g/mol. The van der Waals surface area contributed by atoms with Crippen LogP contribution in [0.5, 0.6) is 0 Å². The first-order chi connectivity index (χ1) is 20.3. The SMILES string of the molecule is c1ccc2c(c1)Sc1cccc3nc(-n4c5ccccc5c5ccc6c(ccc7oc8ccccc8c76)c54)nc-2c13. The van der Waals surface area contributed by atoms with Crippen LogP contribution in [0.3, 0.4) is 0 Å². The van der Waals surface area contributed by atoms with Crippen LogP contribution in [0.25, 0.3) is 82.6 Å². The van der Waals surface area contributed by atoms with E-state index in [0.29, 0.717) is 5.95 Å². The fourth-order valence-electron chi connectivity index (χ4n) is 6.69. The second-order valence-electron chi connectivity index (χ2n) is 10.6. The van der Waals surface area contributed by atoms with Crippen molar-refractivity contribution in [1.29, 1.82) is 0 Å². The summed E-state index contributed by atoms with van der Waals surface area (Å²) < 4.78 is 8.50. The number of furan rings is 1. The van der Waals surface area contributed by atoms with Crippen LogP contribution in [-0.4, -0.2) is 14.5 Å². The molecule has 41 heavy (non-hydrogen) atoms. The first-order valence-corrected chi connectivity index (χ1v) is 14.5. The third-order valence-electron chi connectivity index (χ3n) is 8.40. The summed E-state index contributed by atoms with van der Waals surface area (Å²) in [5.41, 5.74) is 7.10. The van der Waals surface area contributed by atoms with Crippen LogP contribution in [0.2, 0.25) is 0 Å². The zero-order valence-corrected chi connectivity index (χ0v) is 22.4. The molecule has 0 saturated carbocycles. The van der Waals surface area contributed by atoms with Gasteiger partial charge in [-0.05, 0) is 47.9 Å². The summed E-state index contributed by atoms with van der Waals surface area (Å²) >= 11 is 1.79. The predicted molar refractivity (Wildman–Crippen MR) is 168 cm³/mol. The molecule has 0 aliphatic carbocycles. The van der Waals surface area contributed by atoms with Crippen molar-refractivity contribution in [2.45, 2.75) is 9.79 Å². The Hall–Kier alpha value is -5.13. The lowest BCUT2D eigenvalue weighted by Gasteiger charge is -2.20. The van der Waals surface area contributed by atoms with Crippen molar-refractivity contribution in [3.8, 4) is 17.2 Å². The number of benzene rings is 6. The Labute approximate surface area is 237 Å². The molecular weight excluding hydrogens is 522 g/mol. The van der Waals surface area contributed by atoms with Crippen LogP contribution >= 0.6 is 11.8 Å². The molecule has 0 bridgehead atoms. The van der Waals surface area contributed by atoms with Crippen molar-refractivity contribution in [3.63, 3.8) is 0 Å². The third kappa shape index (κ3) is 2.81. The number of hydrogen-bond donors (Lipinski definition) is 0. The number of fused-ring (bicyclic) bond motifs is 11. The molecule has 0 spiro atoms. The minimum absolute atomic E-state index is 0.683. The Morgan fingerprint density at radius 2 is 1.29 bits per heavy atom. The van der Waals surface area contributed by atoms with Gasteiger partial charge >= 0.3 is 0 Å². The highest BCUT2D eigenvalue weighted by Gasteiger charge is 2.24. The summed E-state index contributed by atoms with van der Waals surface area (Å²) in [4.78, 5) is 13.0. The average molecular weight is 542 g/mol. The second-order valence-corrected chi connectivity index (χ2v) is 11.7. The molecule has 4 nitrogen and oxygen atoms in total. The van der Waals surface area contributed by atoms with Gasteiger partial charge in [0.15, 0.2) is 0 Å². The van der Waals surface area contributed by atoms with Crippen molar-refractivity contribution in [2.75, 3.05) is 0 Å². The Balaban J connectivity index is 1.39. The van der Waals surface area contributed by atoms with Crippen LogP contribution in [0, 0.1) is 0 Å². The minimum Gasteiger partial charge on any atom is -0.456 e. The Morgan fingerprint density at radius 3 is 2.27 bits per heavy atom. The molecule has 5 heteroatoms. The molecule has 1 aliphatic rings. The lowest BCUT2D eigenvalue weighted by atomic mass is 10.0. The maximum atomic E-state index is 6.24. The van der Waals surface area contributed by atoms with E-state index in [1.165, 1.54) is 20.6 Å². The number of aromatic nitrogens is 3. The van der Waals surface area contributed by atoms with E-state index in [9.17, 15) is 0 Å². The van der Waals surface area contributed by atoms with Crippen molar-refractivity contribution in [2.24, 2.45) is 0 Å². The summed E-state index contributed by atoms with van der Waals surface area (Å²) in [5.74, 6) is 0.683. The van der Waals surface area contributed by atoms with Gasteiger partial charge in [-0.3, -0.25) is 4.57 Å². The standard InChI is InChI=1S/C36H19N3OS/c1-4-12-27-20(8-1)22-17-16-21-23(18-19-29-32(21)24-9-2-5-13-28(24)40-29)35(22)39(27)36-37-26-11-7-15-31-33(26)34(38-36)25-10-3-6-14-30(25)41-31/h1-19H. The Kier molecular flexibility index (Phi) is 4.09. The van der Waals surface area contributed by atoms with Gasteiger partial charge in [-0.25, -0.2) is 9.97 Å². The highest BCUT2D eigenvalue weighted by atomic mass is 32.2. The van der Waals surface area contributed by atoms with Gasteiger partial charge in [0, 0.05) is 47.7 Å². The number of hydrogen-bond acceptors (Lipinski definition) is 4. The van der Waals surface area contributed by atoms with Crippen LogP contribution in [0.4, 0.5) is 0 Å². The van der Waals surface area contributed by atoms with Gasteiger partial charge in [0.2, 0.25) is 5.95 Å². The van der Waals surface area contributed by atoms with E-state index < -0.39 is 0 Å². The van der Waals surface area contributed by atoms with Crippen molar-refractivity contribution < 1.29 is 4.42 Å². The highest BCUT2D eigenvalue weighted by molar-refractivity contribution is 7.99. The predicted octanol–water partition coefficient (Wildman–Crippen LogP) is 9.91. The first-order valence-electron chi connectivity index (χ1n) is 13.7. The zero-order valence-electron chi connectivity index (χ0n) is 21.6. The molecule has 0 amide bonds. The molecule has 10 rings (SSSR count). The molecule has 0 N–H and O–H groups in total. The molecule has 0 saturated heterocycles. The van der Waals surface area contributed by atoms with Gasteiger partial charge in [-0.15, -0.1) is 0 Å². The van der Waals surface area contributed by atoms with E-state index in [0.717, 1.165) is 65.9 Å². The van der Waals surface area contributed by atoms with Crippen LogP contribution in [-0.2, 0) is 0 Å². The lowest BCUT2D eigenvalue weighted by molar-refractivity contribution is 0.669. The van der Waals surface area contributed by atoms with E-state index >= 15 is 0 Å².